The molecule has 0 unspecified atom stereocenters. The predicted octanol–water partition coefficient (Wildman–Crippen LogP) is 0.144. The molecule has 0 rings (SSSR count). The van der Waals surface area contributed by atoms with Gasteiger partial charge in [0.25, 0.3) is 0 Å². The molecule has 0 spiro atoms. The van der Waals surface area contributed by atoms with E-state index < -0.39 is 0 Å². The quantitative estimate of drug-likeness (QED) is 0.398. The van der Waals surface area contributed by atoms with Crippen molar-refractivity contribution < 1.29 is 4.43 Å². The molecule has 0 aromatic heterocycles. The highest BCUT2D eigenvalue weighted by Gasteiger charge is 1.36. The van der Waals surface area contributed by atoms with Crippen molar-refractivity contribution in [1.82, 2.24) is 0 Å². The van der Waals surface area contributed by atoms with E-state index in [-0.39, 0.29) is 0 Å². The second-order valence-corrected chi connectivity index (χ2v) is 1.80. The fourth-order valence-corrected chi connectivity index (χ4v) is 0. The molecule has 0 aliphatic carbocycles. The molecular formula is C4H13OSi. The molecule has 0 aliphatic rings. The van der Waals surface area contributed by atoms with Gasteiger partial charge in [-0.05, 0) is 6.42 Å². The van der Waals surface area contributed by atoms with Crippen LogP contribution in [-0.2, 0) is 4.43 Å². The molecule has 0 bridgehead atoms. The van der Waals surface area contributed by atoms with Crippen molar-refractivity contribution in [2.75, 3.05) is 7.11 Å². The zero-order valence-corrected chi connectivity index (χ0v) is 6.99. The van der Waals surface area contributed by atoms with Crippen molar-refractivity contribution in [1.29, 1.82) is 0 Å². The monoisotopic (exact) mass is 105 g/mol. The smallest absolute Gasteiger partial charge is 0.145 e. The summed E-state index contributed by atoms with van der Waals surface area (Å²) in [5.74, 6) is 0. The first-order chi connectivity index (χ1) is 2.83. The Morgan fingerprint density at radius 2 is 1.50 bits per heavy atom. The standard InChI is InChI=1S/C3H7.CH6OSi/c1-3-2;1-2-3/h3H,1-2H3;1,3H3. The van der Waals surface area contributed by atoms with Crippen molar-refractivity contribution in [3.05, 3.63) is 6.42 Å². The van der Waals surface area contributed by atoms with Crippen molar-refractivity contribution in [2.24, 2.45) is 0 Å². The topological polar surface area (TPSA) is 9.23 Å². The lowest BCUT2D eigenvalue weighted by Gasteiger charge is -1.61. The molecule has 0 aromatic carbocycles. The molecule has 0 fully saturated rings. The first kappa shape index (κ1) is 9.49. The van der Waals surface area contributed by atoms with Crippen molar-refractivity contribution >= 4 is 10.5 Å². The van der Waals surface area contributed by atoms with Gasteiger partial charge in [0.05, 0.1) is 0 Å². The molecule has 0 heterocycles. The number of rotatable bonds is 0. The second-order valence-electron chi connectivity index (χ2n) is 0.986. The SMILES string of the molecule is CO[SiH3].C[CH]C. The Morgan fingerprint density at radius 3 is 1.50 bits per heavy atom. The Bertz CT molecular complexity index is 9.51. The van der Waals surface area contributed by atoms with Gasteiger partial charge in [-0.15, -0.1) is 0 Å². The van der Waals surface area contributed by atoms with Crippen molar-refractivity contribution in [3.63, 3.8) is 0 Å². The molecule has 0 atom stereocenters. The van der Waals surface area contributed by atoms with Crippen LogP contribution in [0, 0.1) is 6.42 Å². The third-order valence-electron chi connectivity index (χ3n) is 0. The summed E-state index contributed by atoms with van der Waals surface area (Å²) in [6.45, 7) is 4.00. The van der Waals surface area contributed by atoms with Crippen molar-refractivity contribution in [2.45, 2.75) is 13.8 Å². The van der Waals surface area contributed by atoms with Crippen LogP contribution in [0.25, 0.3) is 0 Å². The lowest BCUT2D eigenvalue weighted by Crippen LogP contribution is -1.60. The summed E-state index contributed by atoms with van der Waals surface area (Å²) in [6.07, 6.45) is 2.00. The minimum Gasteiger partial charge on any atom is -0.431 e. The molecule has 0 amide bonds. The first-order valence-corrected chi connectivity index (χ1v) is 2.79. The summed E-state index contributed by atoms with van der Waals surface area (Å²) in [5.41, 5.74) is 0. The molecule has 0 aliphatic heterocycles. The molecule has 1 radical (unpaired) electrons. The van der Waals surface area contributed by atoms with Gasteiger partial charge in [-0.1, -0.05) is 13.8 Å². The molecule has 1 nitrogen and oxygen atoms in total. The maximum Gasteiger partial charge on any atom is 0.145 e. The van der Waals surface area contributed by atoms with Gasteiger partial charge in [0.2, 0.25) is 0 Å². The highest BCUT2D eigenvalue weighted by atomic mass is 28.2. The normalized spacial score (nSPS) is 6.50. The van der Waals surface area contributed by atoms with Gasteiger partial charge in [0, 0.05) is 7.11 Å². The maximum absolute atomic E-state index is 4.39. The molecule has 6 heavy (non-hydrogen) atoms. The highest BCUT2D eigenvalue weighted by molar-refractivity contribution is 5.97. The van der Waals surface area contributed by atoms with Gasteiger partial charge in [0.15, 0.2) is 0 Å². The Labute approximate surface area is 43.2 Å². The third-order valence-corrected chi connectivity index (χ3v) is 0. The van der Waals surface area contributed by atoms with E-state index in [1.54, 1.807) is 7.11 Å². The molecular weight excluding hydrogens is 92.1 g/mol. The van der Waals surface area contributed by atoms with E-state index in [4.69, 9.17) is 0 Å². The largest absolute Gasteiger partial charge is 0.431 e. The zero-order valence-electron chi connectivity index (χ0n) is 4.99. The summed E-state index contributed by atoms with van der Waals surface area (Å²) >= 11 is 0. The summed E-state index contributed by atoms with van der Waals surface area (Å²) < 4.78 is 4.39. The average molecular weight is 105 g/mol. The van der Waals surface area contributed by atoms with E-state index in [0.29, 0.717) is 0 Å². The van der Waals surface area contributed by atoms with E-state index in [1.165, 1.54) is 0 Å². The van der Waals surface area contributed by atoms with Gasteiger partial charge in [-0.3, -0.25) is 0 Å². The van der Waals surface area contributed by atoms with E-state index in [1.807, 2.05) is 20.3 Å². The fraction of sp³-hybridized carbons (Fsp3) is 0.750. The molecule has 2 heteroatoms. The summed E-state index contributed by atoms with van der Waals surface area (Å²) in [5, 5.41) is 0. The van der Waals surface area contributed by atoms with Crippen LogP contribution >= 0.6 is 0 Å². The second kappa shape index (κ2) is 19.1. The Morgan fingerprint density at radius 1 is 1.50 bits per heavy atom. The van der Waals surface area contributed by atoms with E-state index in [9.17, 15) is 0 Å². The van der Waals surface area contributed by atoms with Gasteiger partial charge >= 0.3 is 0 Å². The summed E-state index contributed by atoms with van der Waals surface area (Å²) in [4.78, 5) is 0. The van der Waals surface area contributed by atoms with Crippen molar-refractivity contribution in [3.8, 4) is 0 Å². The Hall–Kier alpha value is 0.177. The fourth-order valence-electron chi connectivity index (χ4n) is 0. The van der Waals surface area contributed by atoms with Crippen LogP contribution in [0.15, 0.2) is 0 Å². The minimum atomic E-state index is 0.869. The minimum absolute atomic E-state index is 0.869. The van der Waals surface area contributed by atoms with E-state index in [2.05, 4.69) is 4.43 Å². The van der Waals surface area contributed by atoms with E-state index in [0.717, 1.165) is 10.5 Å². The van der Waals surface area contributed by atoms with Crippen LogP contribution in [0.2, 0.25) is 0 Å². The van der Waals surface area contributed by atoms with Crippen LogP contribution in [0.3, 0.4) is 0 Å². The van der Waals surface area contributed by atoms with Crippen LogP contribution in [0.4, 0.5) is 0 Å². The van der Waals surface area contributed by atoms with E-state index >= 15 is 0 Å². The van der Waals surface area contributed by atoms with Gasteiger partial charge in [-0.2, -0.15) is 0 Å². The van der Waals surface area contributed by atoms with Crippen LogP contribution in [-0.4, -0.2) is 17.6 Å². The van der Waals surface area contributed by atoms with Crippen LogP contribution in [0.5, 0.6) is 0 Å². The van der Waals surface area contributed by atoms with Gasteiger partial charge < -0.3 is 4.43 Å². The molecule has 39 valence electrons. The Kier molecular flexibility index (Phi) is 30.1. The summed E-state index contributed by atoms with van der Waals surface area (Å²) in [6, 6.07) is 0. The number of hydrogen-bond acceptors (Lipinski definition) is 1. The van der Waals surface area contributed by atoms with Gasteiger partial charge in [0.1, 0.15) is 10.5 Å². The molecule has 0 aromatic rings. The molecule has 0 saturated carbocycles. The predicted molar refractivity (Wildman–Crippen MR) is 32.6 cm³/mol. The van der Waals surface area contributed by atoms with Crippen LogP contribution in [0.1, 0.15) is 13.8 Å². The lowest BCUT2D eigenvalue weighted by molar-refractivity contribution is 0.460. The Balaban J connectivity index is 0. The lowest BCUT2D eigenvalue weighted by atomic mass is 10.6. The molecule has 0 saturated heterocycles. The first-order valence-electron chi connectivity index (χ1n) is 1.97. The summed E-state index contributed by atoms with van der Waals surface area (Å²) in [7, 11) is 2.56. The average Bonchev–Trinajstić information content (AvgIpc) is 1.39. The van der Waals surface area contributed by atoms with Crippen LogP contribution < -0.4 is 0 Å². The highest BCUT2D eigenvalue weighted by Crippen LogP contribution is 1.53. The third kappa shape index (κ3) is 1350. The van der Waals surface area contributed by atoms with Gasteiger partial charge in [-0.25, -0.2) is 0 Å². The number of hydrogen-bond donors (Lipinski definition) is 0. The maximum atomic E-state index is 4.39. The zero-order chi connectivity index (χ0) is 5.41. The molecule has 0 N–H and O–H groups in total.